The molecule has 11 heteroatoms. The van der Waals surface area contributed by atoms with Crippen LogP contribution >= 0.6 is 23.1 Å². The Bertz CT molecular complexity index is 1260. The number of hydrogen-bond acceptors (Lipinski definition) is 8. The number of thiazole rings is 1. The third kappa shape index (κ3) is 4.84. The van der Waals surface area contributed by atoms with Crippen molar-refractivity contribution in [2.24, 2.45) is 0 Å². The quantitative estimate of drug-likeness (QED) is 0.313. The van der Waals surface area contributed by atoms with Crippen molar-refractivity contribution in [2.75, 3.05) is 0 Å². The fourth-order valence-corrected chi connectivity index (χ4v) is 4.86. The minimum atomic E-state index is -0.480. The summed E-state index contributed by atoms with van der Waals surface area (Å²) < 4.78 is 2.35. The van der Waals surface area contributed by atoms with Crippen LogP contribution in [0.1, 0.15) is 34.6 Å². The number of aromatic nitrogens is 4. The van der Waals surface area contributed by atoms with E-state index in [4.69, 9.17) is 0 Å². The fourth-order valence-electron chi connectivity index (χ4n) is 2.98. The second kappa shape index (κ2) is 9.28. The molecule has 4 aromatic rings. The largest absolute Gasteiger partial charge is 0.346 e. The van der Waals surface area contributed by atoms with Gasteiger partial charge in [-0.2, -0.15) is 5.10 Å². The number of benzene rings is 2. The van der Waals surface area contributed by atoms with E-state index < -0.39 is 4.92 Å². The summed E-state index contributed by atoms with van der Waals surface area (Å²) in [6.07, 6.45) is 3.06. The van der Waals surface area contributed by atoms with E-state index in [0.717, 1.165) is 16.9 Å². The summed E-state index contributed by atoms with van der Waals surface area (Å²) in [6, 6.07) is 11.7. The number of amides is 1. The molecule has 2 aromatic heterocycles. The van der Waals surface area contributed by atoms with Crippen LogP contribution in [0.25, 0.3) is 5.69 Å². The molecule has 0 aliphatic carbocycles. The molecule has 32 heavy (non-hydrogen) atoms. The molecule has 0 aliphatic rings. The number of nitro groups is 1. The molecule has 0 spiro atoms. The monoisotopic (exact) mass is 466 g/mol. The van der Waals surface area contributed by atoms with Gasteiger partial charge in [-0.05, 0) is 43.7 Å². The molecule has 4 rings (SSSR count). The summed E-state index contributed by atoms with van der Waals surface area (Å²) in [5.41, 5.74) is 2.70. The standard InChI is InChI=1S/C21H18N6O3S2/c1-13-10-31-21(24-13)32-19-8-5-16(9-18(19)27(29)30)20(28)25-14(2)15-3-6-17(7-4-15)26-12-22-11-23-26/h3-12,14H,1-2H3,(H,25,28). The van der Waals surface area contributed by atoms with Gasteiger partial charge in [0.25, 0.3) is 11.6 Å². The van der Waals surface area contributed by atoms with Crippen LogP contribution in [0.4, 0.5) is 5.69 Å². The van der Waals surface area contributed by atoms with Crippen molar-refractivity contribution in [3.05, 3.63) is 87.4 Å². The predicted molar refractivity (Wildman–Crippen MR) is 121 cm³/mol. The smallest absolute Gasteiger partial charge is 0.284 e. The number of carbonyl (C=O) groups excluding carboxylic acids is 1. The highest BCUT2D eigenvalue weighted by atomic mass is 32.2. The molecule has 9 nitrogen and oxygen atoms in total. The van der Waals surface area contributed by atoms with Gasteiger partial charge >= 0.3 is 0 Å². The van der Waals surface area contributed by atoms with E-state index in [9.17, 15) is 14.9 Å². The van der Waals surface area contributed by atoms with Crippen LogP contribution in [0.15, 0.2) is 69.7 Å². The van der Waals surface area contributed by atoms with Crippen molar-refractivity contribution in [2.45, 2.75) is 29.1 Å². The van der Waals surface area contributed by atoms with Gasteiger partial charge < -0.3 is 5.32 Å². The maximum atomic E-state index is 12.8. The first kappa shape index (κ1) is 21.7. The van der Waals surface area contributed by atoms with E-state index in [2.05, 4.69) is 20.4 Å². The first-order valence-electron chi connectivity index (χ1n) is 9.55. The number of aryl methyl sites for hydroxylation is 1. The fraction of sp³-hybridized carbons (Fsp3) is 0.143. The maximum absolute atomic E-state index is 12.8. The molecule has 1 atom stereocenters. The third-order valence-electron chi connectivity index (χ3n) is 4.64. The molecule has 2 aromatic carbocycles. The SMILES string of the molecule is Cc1csc(Sc2ccc(C(=O)NC(C)c3ccc(-n4cncn4)cc3)cc2[N+](=O)[O-])n1. The van der Waals surface area contributed by atoms with Crippen LogP contribution in [-0.4, -0.2) is 30.6 Å². The summed E-state index contributed by atoms with van der Waals surface area (Å²) in [7, 11) is 0. The molecule has 1 unspecified atom stereocenters. The Labute approximate surface area is 191 Å². The number of nitro benzene ring substituents is 1. The minimum absolute atomic E-state index is 0.125. The molecular formula is C21H18N6O3S2. The lowest BCUT2D eigenvalue weighted by Gasteiger charge is -2.15. The van der Waals surface area contributed by atoms with Crippen molar-refractivity contribution in [3.8, 4) is 5.69 Å². The van der Waals surface area contributed by atoms with Gasteiger partial charge in [-0.3, -0.25) is 14.9 Å². The topological polar surface area (TPSA) is 116 Å². The summed E-state index contributed by atoms with van der Waals surface area (Å²) in [5, 5.41) is 20.5. The molecule has 1 amide bonds. The Morgan fingerprint density at radius 3 is 2.66 bits per heavy atom. The molecule has 0 saturated heterocycles. The van der Waals surface area contributed by atoms with Gasteiger partial charge in [0.05, 0.1) is 21.5 Å². The van der Waals surface area contributed by atoms with Gasteiger partial charge in [0, 0.05) is 22.7 Å². The van der Waals surface area contributed by atoms with Crippen molar-refractivity contribution >= 4 is 34.7 Å². The highest BCUT2D eigenvalue weighted by molar-refractivity contribution is 8.01. The van der Waals surface area contributed by atoms with Gasteiger partial charge in [0.1, 0.15) is 12.7 Å². The summed E-state index contributed by atoms with van der Waals surface area (Å²) in [5.74, 6) is -0.386. The molecule has 0 fully saturated rings. The van der Waals surface area contributed by atoms with E-state index in [1.807, 2.05) is 43.5 Å². The first-order valence-corrected chi connectivity index (χ1v) is 11.2. The van der Waals surface area contributed by atoms with Crippen LogP contribution in [-0.2, 0) is 0 Å². The molecule has 0 aliphatic heterocycles. The van der Waals surface area contributed by atoms with E-state index in [0.29, 0.717) is 9.24 Å². The van der Waals surface area contributed by atoms with E-state index in [1.54, 1.807) is 23.1 Å². The molecule has 0 bridgehead atoms. The van der Waals surface area contributed by atoms with Gasteiger partial charge in [0.2, 0.25) is 0 Å². The zero-order chi connectivity index (χ0) is 22.7. The lowest BCUT2D eigenvalue weighted by atomic mass is 10.1. The van der Waals surface area contributed by atoms with Crippen molar-refractivity contribution < 1.29 is 9.72 Å². The average Bonchev–Trinajstić information content (AvgIpc) is 3.46. The molecule has 0 radical (unpaired) electrons. The highest BCUT2D eigenvalue weighted by Crippen LogP contribution is 2.36. The lowest BCUT2D eigenvalue weighted by Crippen LogP contribution is -2.26. The second-order valence-corrected chi connectivity index (χ2v) is 9.07. The minimum Gasteiger partial charge on any atom is -0.346 e. The van der Waals surface area contributed by atoms with Crippen LogP contribution in [0.5, 0.6) is 0 Å². The van der Waals surface area contributed by atoms with Gasteiger partial charge in [-0.25, -0.2) is 14.6 Å². The van der Waals surface area contributed by atoms with E-state index in [1.165, 1.54) is 35.5 Å². The first-order chi connectivity index (χ1) is 15.4. The van der Waals surface area contributed by atoms with Crippen molar-refractivity contribution in [1.82, 2.24) is 25.1 Å². The van der Waals surface area contributed by atoms with Crippen LogP contribution in [0.2, 0.25) is 0 Å². The number of hydrogen-bond donors (Lipinski definition) is 1. The Kier molecular flexibility index (Phi) is 6.28. The zero-order valence-electron chi connectivity index (χ0n) is 17.1. The molecule has 1 N–H and O–H groups in total. The Hall–Kier alpha value is -3.57. The van der Waals surface area contributed by atoms with E-state index in [-0.39, 0.29) is 23.2 Å². The Morgan fingerprint density at radius 1 is 1.25 bits per heavy atom. The maximum Gasteiger partial charge on any atom is 0.284 e. The molecular weight excluding hydrogens is 448 g/mol. The van der Waals surface area contributed by atoms with Crippen LogP contribution in [0, 0.1) is 17.0 Å². The average molecular weight is 467 g/mol. The van der Waals surface area contributed by atoms with Gasteiger partial charge in [-0.1, -0.05) is 23.9 Å². The lowest BCUT2D eigenvalue weighted by molar-refractivity contribution is -0.387. The molecule has 162 valence electrons. The highest BCUT2D eigenvalue weighted by Gasteiger charge is 2.20. The Morgan fingerprint density at radius 2 is 2.03 bits per heavy atom. The third-order valence-corrected chi connectivity index (χ3v) is 6.76. The van der Waals surface area contributed by atoms with Gasteiger partial charge in [-0.15, -0.1) is 11.3 Å². The van der Waals surface area contributed by atoms with Crippen molar-refractivity contribution in [3.63, 3.8) is 0 Å². The molecule has 2 heterocycles. The molecule has 0 saturated carbocycles. The van der Waals surface area contributed by atoms with Crippen LogP contribution < -0.4 is 5.32 Å². The number of rotatable bonds is 7. The number of nitrogens with one attached hydrogen (secondary N) is 1. The zero-order valence-corrected chi connectivity index (χ0v) is 18.8. The summed E-state index contributed by atoms with van der Waals surface area (Å²) in [4.78, 5) is 32.6. The number of carbonyl (C=O) groups is 1. The Balaban J connectivity index is 1.48. The van der Waals surface area contributed by atoms with Gasteiger partial charge in [0.15, 0.2) is 4.34 Å². The summed E-state index contributed by atoms with van der Waals surface area (Å²) in [6.45, 7) is 3.72. The normalized spacial score (nSPS) is 11.8. The predicted octanol–water partition coefficient (Wildman–Crippen LogP) is 4.58. The van der Waals surface area contributed by atoms with Crippen molar-refractivity contribution in [1.29, 1.82) is 0 Å². The van der Waals surface area contributed by atoms with E-state index >= 15 is 0 Å². The number of nitrogens with zero attached hydrogens (tertiary/aromatic N) is 5. The second-order valence-electron chi connectivity index (χ2n) is 6.92. The summed E-state index contributed by atoms with van der Waals surface area (Å²) >= 11 is 2.64. The van der Waals surface area contributed by atoms with Crippen LogP contribution in [0.3, 0.4) is 0 Å².